The molecule has 1 N–H and O–H groups in total. The summed E-state index contributed by atoms with van der Waals surface area (Å²) in [6.45, 7) is 5.21. The summed E-state index contributed by atoms with van der Waals surface area (Å²) in [5.41, 5.74) is 2.40. The van der Waals surface area contributed by atoms with Crippen LogP contribution in [0.3, 0.4) is 0 Å². The van der Waals surface area contributed by atoms with Gasteiger partial charge in [-0.05, 0) is 111 Å². The average molecular weight is 663 g/mol. The van der Waals surface area contributed by atoms with Gasteiger partial charge in [0.1, 0.15) is 12.6 Å². The number of hydrogen-bond donors (Lipinski definition) is 1. The van der Waals surface area contributed by atoms with Crippen LogP contribution in [-0.4, -0.2) is 50.0 Å². The van der Waals surface area contributed by atoms with Crippen LogP contribution >= 0.6 is 23.2 Å². The number of amides is 2. The summed E-state index contributed by atoms with van der Waals surface area (Å²) in [7, 11) is -3.84. The third-order valence-electron chi connectivity index (χ3n) is 10.3. The Balaban J connectivity index is 1.43. The Hall–Kier alpha value is -2.29. The zero-order chi connectivity index (χ0) is 31.8. The molecule has 0 saturated heterocycles. The van der Waals surface area contributed by atoms with Crippen LogP contribution < -0.4 is 9.62 Å². The van der Waals surface area contributed by atoms with Crippen molar-refractivity contribution in [2.24, 2.45) is 17.8 Å². The number of carbonyl (C=O) groups is 2. The maximum Gasteiger partial charge on any atom is 0.244 e. The van der Waals surface area contributed by atoms with Gasteiger partial charge in [0, 0.05) is 28.2 Å². The lowest BCUT2D eigenvalue weighted by molar-refractivity contribution is -0.140. The number of anilines is 1. The molecule has 0 radical (unpaired) electrons. The average Bonchev–Trinajstić information content (AvgIpc) is 2.96. The second-order valence-electron chi connectivity index (χ2n) is 13.5. The summed E-state index contributed by atoms with van der Waals surface area (Å²) in [6, 6.07) is 12.0. The summed E-state index contributed by atoms with van der Waals surface area (Å²) in [5, 5.41) is 3.71. The van der Waals surface area contributed by atoms with E-state index in [1.165, 1.54) is 49.0 Å². The number of halogens is 2. The highest BCUT2D eigenvalue weighted by Crippen LogP contribution is 2.60. The van der Waals surface area contributed by atoms with Gasteiger partial charge in [-0.3, -0.25) is 13.9 Å². The highest BCUT2D eigenvalue weighted by molar-refractivity contribution is 7.92. The highest BCUT2D eigenvalue weighted by atomic mass is 35.5. The van der Waals surface area contributed by atoms with Crippen LogP contribution in [0.25, 0.3) is 0 Å². The number of hydrogen-bond acceptors (Lipinski definition) is 4. The van der Waals surface area contributed by atoms with Crippen LogP contribution in [0, 0.1) is 17.8 Å². The van der Waals surface area contributed by atoms with E-state index in [9.17, 15) is 18.0 Å². The van der Waals surface area contributed by atoms with Crippen LogP contribution in [0.2, 0.25) is 10.0 Å². The van der Waals surface area contributed by atoms with Crippen molar-refractivity contribution >= 4 is 50.7 Å². The predicted octanol–water partition coefficient (Wildman–Crippen LogP) is 6.95. The third-order valence-corrected chi connectivity index (χ3v) is 12.1. The molecule has 0 aromatic heterocycles. The second-order valence-corrected chi connectivity index (χ2v) is 16.2. The molecule has 0 aliphatic heterocycles. The number of sulfonamides is 1. The number of benzene rings is 2. The summed E-state index contributed by atoms with van der Waals surface area (Å²) < 4.78 is 27.4. The molecule has 44 heavy (non-hydrogen) atoms. The number of carbonyl (C=O) groups excluding carboxylic acids is 2. The topological polar surface area (TPSA) is 86.8 Å². The van der Waals surface area contributed by atoms with Crippen molar-refractivity contribution in [2.45, 2.75) is 96.2 Å². The zero-order valence-electron chi connectivity index (χ0n) is 26.2. The normalized spacial score (nSPS) is 25.4. The fourth-order valence-corrected chi connectivity index (χ4v) is 9.64. The molecule has 240 valence electrons. The van der Waals surface area contributed by atoms with E-state index in [4.69, 9.17) is 23.2 Å². The van der Waals surface area contributed by atoms with Crippen LogP contribution in [0.5, 0.6) is 0 Å². The summed E-state index contributed by atoms with van der Waals surface area (Å²) in [5.74, 6) is 1.58. The Morgan fingerprint density at radius 1 is 0.932 bits per heavy atom. The Morgan fingerprint density at radius 2 is 1.48 bits per heavy atom. The molecular weight excluding hydrogens is 617 g/mol. The number of rotatable bonds is 12. The molecule has 7 nitrogen and oxygen atoms in total. The number of nitrogens with one attached hydrogen (secondary N) is 1. The minimum absolute atomic E-state index is 0.0354. The lowest BCUT2D eigenvalue weighted by Gasteiger charge is -2.57. The van der Waals surface area contributed by atoms with Crippen LogP contribution in [-0.2, 0) is 31.6 Å². The number of nitrogens with zero attached hydrogens (tertiary/aromatic N) is 2. The van der Waals surface area contributed by atoms with E-state index in [2.05, 4.69) is 17.4 Å². The molecular formula is C34H45Cl2N3O4S. The quantitative estimate of drug-likeness (QED) is 0.267. The first-order valence-corrected chi connectivity index (χ1v) is 18.5. The minimum atomic E-state index is -3.84. The summed E-state index contributed by atoms with van der Waals surface area (Å²) >= 11 is 13.0. The van der Waals surface area contributed by atoms with Crippen molar-refractivity contribution < 1.29 is 18.0 Å². The lowest BCUT2D eigenvalue weighted by atomic mass is 9.48. The molecule has 4 bridgehead atoms. The monoisotopic (exact) mass is 661 g/mol. The van der Waals surface area contributed by atoms with Gasteiger partial charge in [-0.2, -0.15) is 0 Å². The van der Waals surface area contributed by atoms with Gasteiger partial charge in [-0.25, -0.2) is 8.42 Å². The molecule has 2 aromatic carbocycles. The van der Waals surface area contributed by atoms with E-state index in [0.717, 1.165) is 34.7 Å². The molecule has 4 fully saturated rings. The maximum absolute atomic E-state index is 14.1. The van der Waals surface area contributed by atoms with Gasteiger partial charge >= 0.3 is 0 Å². The minimum Gasteiger partial charge on any atom is -0.352 e. The van der Waals surface area contributed by atoms with Crippen molar-refractivity contribution in [3.05, 3.63) is 63.6 Å². The van der Waals surface area contributed by atoms with Gasteiger partial charge in [0.2, 0.25) is 21.8 Å². The fraction of sp³-hybridized carbons (Fsp3) is 0.588. The smallest absolute Gasteiger partial charge is 0.244 e. The third kappa shape index (κ3) is 6.92. The van der Waals surface area contributed by atoms with Crippen molar-refractivity contribution in [2.75, 3.05) is 17.1 Å². The van der Waals surface area contributed by atoms with Gasteiger partial charge in [0.15, 0.2) is 0 Å². The summed E-state index contributed by atoms with van der Waals surface area (Å²) in [6.07, 6.45) is 9.86. The Labute approximate surface area is 272 Å². The first-order valence-electron chi connectivity index (χ1n) is 15.9. The lowest BCUT2D eigenvalue weighted by Crippen LogP contribution is -2.53. The maximum atomic E-state index is 14.1. The van der Waals surface area contributed by atoms with Gasteiger partial charge in [-0.15, -0.1) is 0 Å². The molecule has 10 heteroatoms. The van der Waals surface area contributed by atoms with Gasteiger partial charge in [-0.1, -0.05) is 55.2 Å². The molecule has 2 atom stereocenters. The molecule has 4 saturated carbocycles. The molecule has 2 amide bonds. The van der Waals surface area contributed by atoms with Crippen molar-refractivity contribution in [3.63, 3.8) is 0 Å². The molecule has 6 rings (SSSR count). The van der Waals surface area contributed by atoms with E-state index in [-0.39, 0.29) is 23.9 Å². The second kappa shape index (κ2) is 13.2. The van der Waals surface area contributed by atoms with E-state index in [1.807, 2.05) is 32.9 Å². The SMILES string of the molecule is CC[C@@H](C)NC(=O)[C@H](CC)N(Cc1c(Cl)cccc1Cl)C(=O)CN(c1ccc(C23CC4CC(CC(C4)C2)C3)cc1)S(C)(=O)=O. The molecule has 4 aliphatic carbocycles. The molecule has 0 heterocycles. The van der Waals surface area contributed by atoms with Gasteiger partial charge < -0.3 is 10.2 Å². The summed E-state index contributed by atoms with van der Waals surface area (Å²) in [4.78, 5) is 28.9. The molecule has 0 unspecified atom stereocenters. The van der Waals surface area contributed by atoms with Crippen LogP contribution in [0.1, 0.15) is 83.3 Å². The van der Waals surface area contributed by atoms with Crippen molar-refractivity contribution in [3.8, 4) is 0 Å². The Bertz CT molecular complexity index is 1420. The van der Waals surface area contributed by atoms with Crippen LogP contribution in [0.4, 0.5) is 5.69 Å². The Kier molecular flexibility index (Phi) is 9.93. The molecule has 0 spiro atoms. The van der Waals surface area contributed by atoms with Gasteiger partial charge in [0.05, 0.1) is 11.9 Å². The fourth-order valence-electron chi connectivity index (χ4n) is 8.27. The van der Waals surface area contributed by atoms with Crippen LogP contribution in [0.15, 0.2) is 42.5 Å². The Morgan fingerprint density at radius 3 is 1.95 bits per heavy atom. The molecule has 4 aliphatic rings. The molecule has 2 aromatic rings. The first-order chi connectivity index (χ1) is 20.8. The van der Waals surface area contributed by atoms with E-state index < -0.39 is 28.5 Å². The largest absolute Gasteiger partial charge is 0.352 e. The van der Waals surface area contributed by atoms with E-state index >= 15 is 0 Å². The first kappa shape index (κ1) is 33.1. The van der Waals surface area contributed by atoms with Gasteiger partial charge in [0.25, 0.3) is 0 Å². The highest BCUT2D eigenvalue weighted by Gasteiger charge is 2.51. The van der Waals surface area contributed by atoms with Crippen molar-refractivity contribution in [1.82, 2.24) is 10.2 Å². The van der Waals surface area contributed by atoms with Crippen molar-refractivity contribution in [1.29, 1.82) is 0 Å². The van der Waals surface area contributed by atoms with E-state index in [1.54, 1.807) is 18.2 Å². The zero-order valence-corrected chi connectivity index (χ0v) is 28.5. The van der Waals surface area contributed by atoms with E-state index in [0.29, 0.717) is 27.7 Å². The standard InChI is InChI=1S/C34H45Cl2N3O4S/c1-5-22(3)37-33(41)31(6-2)38(20-28-29(35)8-7-9-30(28)36)32(40)21-39(44(4,42)43)27-12-10-26(11-13-27)34-17-23-14-24(18-34)16-25(15-23)19-34/h7-13,22-25,31H,5-6,14-21H2,1-4H3,(H,37,41)/t22-,23?,24?,25?,31+,34?/m1/s1. The predicted molar refractivity (Wildman–Crippen MR) is 177 cm³/mol.